The van der Waals surface area contributed by atoms with Crippen molar-refractivity contribution in [3.63, 3.8) is 0 Å². The quantitative estimate of drug-likeness (QED) is 0.416. The number of hydrogen-bond donors (Lipinski definition) is 0. The highest BCUT2D eigenvalue weighted by Crippen LogP contribution is 2.62. The number of nitro groups is 1. The molecule has 2 saturated carbocycles. The van der Waals surface area contributed by atoms with Gasteiger partial charge in [-0.05, 0) is 48.7 Å². The van der Waals surface area contributed by atoms with Gasteiger partial charge in [-0.2, -0.15) is 0 Å². The van der Waals surface area contributed by atoms with E-state index in [1.165, 1.54) is 17.0 Å². The molecule has 6 atom stereocenters. The summed E-state index contributed by atoms with van der Waals surface area (Å²) in [5.74, 6) is -0.729. The Morgan fingerprint density at radius 2 is 1.66 bits per heavy atom. The van der Waals surface area contributed by atoms with Crippen molar-refractivity contribution in [2.45, 2.75) is 12.5 Å². The van der Waals surface area contributed by atoms with Gasteiger partial charge in [0.05, 0.1) is 35.3 Å². The number of fused-ring (bicyclic) bond motifs is 8. The lowest BCUT2D eigenvalue weighted by Crippen LogP contribution is -2.41. The Labute approximate surface area is 182 Å². The van der Waals surface area contributed by atoms with Crippen molar-refractivity contribution < 1.29 is 24.1 Å². The predicted molar refractivity (Wildman–Crippen MR) is 112 cm³/mol. The van der Waals surface area contributed by atoms with E-state index in [2.05, 4.69) is 5.16 Å². The Morgan fingerprint density at radius 1 is 1.00 bits per heavy atom. The van der Waals surface area contributed by atoms with E-state index in [4.69, 9.17) is 9.57 Å². The summed E-state index contributed by atoms with van der Waals surface area (Å²) in [5, 5.41) is 15.2. The van der Waals surface area contributed by atoms with E-state index in [0.29, 0.717) is 17.1 Å². The Balaban J connectivity index is 1.30. The number of ether oxygens (including phenoxy) is 1. The molecule has 162 valence electrons. The summed E-state index contributed by atoms with van der Waals surface area (Å²) in [6, 6.07) is 13.1. The number of carbonyl (C=O) groups excluding carboxylic acids is 2. The van der Waals surface area contributed by atoms with Crippen LogP contribution in [0.25, 0.3) is 0 Å². The summed E-state index contributed by atoms with van der Waals surface area (Å²) in [7, 11) is 1.56. The lowest BCUT2D eigenvalue weighted by Gasteiger charge is -2.29. The number of nitrogens with zero attached hydrogens (tertiary/aromatic N) is 3. The second kappa shape index (κ2) is 6.62. The minimum atomic E-state index is -0.446. The zero-order chi connectivity index (χ0) is 22.1. The van der Waals surface area contributed by atoms with Crippen LogP contribution in [0.1, 0.15) is 12.0 Å². The lowest BCUT2D eigenvalue weighted by atomic mass is 9.71. The van der Waals surface area contributed by atoms with Crippen molar-refractivity contribution in [3.05, 3.63) is 64.2 Å². The van der Waals surface area contributed by atoms with Gasteiger partial charge in [0.2, 0.25) is 11.8 Å². The van der Waals surface area contributed by atoms with Crippen LogP contribution in [0.2, 0.25) is 0 Å². The maximum atomic E-state index is 13.4. The third kappa shape index (κ3) is 2.41. The average Bonchev–Trinajstić information content (AvgIpc) is 3.54. The number of rotatable bonds is 4. The van der Waals surface area contributed by atoms with Crippen LogP contribution in [0.4, 0.5) is 11.4 Å². The first-order valence-electron chi connectivity index (χ1n) is 10.5. The van der Waals surface area contributed by atoms with Crippen molar-refractivity contribution in [2.24, 2.45) is 34.7 Å². The van der Waals surface area contributed by atoms with Gasteiger partial charge < -0.3 is 9.57 Å². The summed E-state index contributed by atoms with van der Waals surface area (Å²) in [6.45, 7) is 0. The monoisotopic (exact) mass is 433 g/mol. The second-order valence-electron chi connectivity index (χ2n) is 8.70. The molecule has 0 aromatic heterocycles. The van der Waals surface area contributed by atoms with Crippen molar-refractivity contribution in [1.29, 1.82) is 0 Å². The largest absolute Gasteiger partial charge is 0.497 e. The zero-order valence-corrected chi connectivity index (χ0v) is 17.1. The highest BCUT2D eigenvalue weighted by Gasteiger charge is 2.70. The molecule has 4 aliphatic rings. The van der Waals surface area contributed by atoms with Crippen molar-refractivity contribution in [1.82, 2.24) is 0 Å². The summed E-state index contributed by atoms with van der Waals surface area (Å²) in [4.78, 5) is 44.3. The van der Waals surface area contributed by atoms with E-state index in [9.17, 15) is 19.7 Å². The Kier molecular flexibility index (Phi) is 3.93. The van der Waals surface area contributed by atoms with Crippen molar-refractivity contribution >= 4 is 28.9 Å². The molecule has 2 amide bonds. The molecule has 0 radical (unpaired) electrons. The fourth-order valence-corrected chi connectivity index (χ4v) is 6.10. The zero-order valence-electron chi connectivity index (χ0n) is 17.1. The standard InChI is InChI=1S/C23H19N3O6/c1-31-14-8-6-12(7-9-14)25-22(27)17-15-10-16(18(17)23(25)28)21-19(15)20(24-32-21)11-2-4-13(5-3-11)26(29)30/h2-9,15-19,21H,10H2,1H3. The molecule has 1 saturated heterocycles. The lowest BCUT2D eigenvalue weighted by molar-refractivity contribution is -0.384. The van der Waals surface area contributed by atoms with Crippen molar-refractivity contribution in [3.8, 4) is 5.75 Å². The van der Waals surface area contributed by atoms with Gasteiger partial charge in [-0.25, -0.2) is 0 Å². The number of anilines is 1. The maximum absolute atomic E-state index is 13.4. The molecular formula is C23H19N3O6. The molecule has 9 nitrogen and oxygen atoms in total. The van der Waals surface area contributed by atoms with E-state index < -0.39 is 16.8 Å². The van der Waals surface area contributed by atoms with E-state index in [0.717, 1.165) is 12.0 Å². The molecule has 2 bridgehead atoms. The molecule has 32 heavy (non-hydrogen) atoms. The summed E-state index contributed by atoms with van der Waals surface area (Å²) in [6.07, 6.45) is 0.490. The number of non-ortho nitro benzene ring substituents is 1. The van der Waals surface area contributed by atoms with E-state index in [-0.39, 0.29) is 41.4 Å². The van der Waals surface area contributed by atoms with Gasteiger partial charge in [-0.15, -0.1) is 0 Å². The first-order chi connectivity index (χ1) is 15.5. The molecule has 2 aliphatic carbocycles. The fraction of sp³-hybridized carbons (Fsp3) is 0.348. The summed E-state index contributed by atoms with van der Waals surface area (Å²) in [5.41, 5.74) is 2.00. The fourth-order valence-electron chi connectivity index (χ4n) is 6.10. The van der Waals surface area contributed by atoms with Crippen LogP contribution >= 0.6 is 0 Å². The van der Waals surface area contributed by atoms with Crippen LogP contribution in [0, 0.1) is 39.7 Å². The summed E-state index contributed by atoms with van der Waals surface area (Å²) >= 11 is 0. The maximum Gasteiger partial charge on any atom is 0.269 e. The minimum Gasteiger partial charge on any atom is -0.497 e. The number of benzene rings is 2. The molecule has 0 N–H and O–H groups in total. The van der Waals surface area contributed by atoms with E-state index in [1.54, 1.807) is 43.5 Å². The number of hydrogen-bond acceptors (Lipinski definition) is 7. The van der Waals surface area contributed by atoms with Crippen LogP contribution in [0.15, 0.2) is 53.7 Å². The molecule has 2 aromatic rings. The van der Waals surface area contributed by atoms with E-state index >= 15 is 0 Å². The van der Waals surface area contributed by atoms with Gasteiger partial charge in [0.15, 0.2) is 0 Å². The molecule has 0 spiro atoms. The van der Waals surface area contributed by atoms with Gasteiger partial charge in [0, 0.05) is 29.5 Å². The van der Waals surface area contributed by atoms with Gasteiger partial charge in [0.1, 0.15) is 11.9 Å². The van der Waals surface area contributed by atoms with Gasteiger partial charge in [-0.1, -0.05) is 5.16 Å². The number of imide groups is 1. The third-order valence-electron chi connectivity index (χ3n) is 7.40. The van der Waals surface area contributed by atoms with Crippen LogP contribution in [0.5, 0.6) is 5.75 Å². The van der Waals surface area contributed by atoms with E-state index in [1.807, 2.05) is 0 Å². The third-order valence-corrected chi connectivity index (χ3v) is 7.40. The van der Waals surface area contributed by atoms with Gasteiger partial charge in [0.25, 0.3) is 5.69 Å². The minimum absolute atomic E-state index is 0.00419. The molecule has 3 fully saturated rings. The SMILES string of the molecule is COc1ccc(N2C(=O)C3C4CC(C5C(c6ccc([N+](=O)[O-])cc6)=NOC45)C3C2=O)cc1. The Bertz CT molecular complexity index is 1180. The van der Waals surface area contributed by atoms with Crippen LogP contribution in [0.3, 0.4) is 0 Å². The molecule has 9 heteroatoms. The Morgan fingerprint density at radius 3 is 2.28 bits per heavy atom. The summed E-state index contributed by atoms with van der Waals surface area (Å²) < 4.78 is 5.17. The van der Waals surface area contributed by atoms with Crippen LogP contribution in [-0.2, 0) is 14.4 Å². The second-order valence-corrected chi connectivity index (χ2v) is 8.70. The first-order valence-corrected chi connectivity index (χ1v) is 10.5. The highest BCUT2D eigenvalue weighted by atomic mass is 16.6. The number of carbonyl (C=O) groups is 2. The van der Waals surface area contributed by atoms with Crippen LogP contribution in [-0.4, -0.2) is 35.7 Å². The number of methoxy groups -OCH3 is 1. The van der Waals surface area contributed by atoms with Crippen molar-refractivity contribution in [2.75, 3.05) is 12.0 Å². The molecule has 2 aliphatic heterocycles. The highest BCUT2D eigenvalue weighted by molar-refractivity contribution is 6.23. The smallest absolute Gasteiger partial charge is 0.269 e. The molecule has 2 heterocycles. The Hall–Kier alpha value is -3.75. The molecule has 2 aromatic carbocycles. The topological polar surface area (TPSA) is 111 Å². The first kappa shape index (κ1) is 19.0. The average molecular weight is 433 g/mol. The van der Waals surface area contributed by atoms with Gasteiger partial charge in [-0.3, -0.25) is 24.6 Å². The van der Waals surface area contributed by atoms with Crippen LogP contribution < -0.4 is 9.64 Å². The molecule has 6 unspecified atom stereocenters. The normalized spacial score (nSPS) is 31.9. The predicted octanol–water partition coefficient (Wildman–Crippen LogP) is 2.78. The number of oxime groups is 1. The van der Waals surface area contributed by atoms with Gasteiger partial charge >= 0.3 is 0 Å². The number of amides is 2. The molecular weight excluding hydrogens is 414 g/mol. The molecule has 6 rings (SSSR count). The number of nitro benzene ring substituents is 1.